The molecule has 0 bridgehead atoms. The molecule has 2 N–H and O–H groups in total. The van der Waals surface area contributed by atoms with Crippen LogP contribution in [0, 0.1) is 6.92 Å². The number of aromatic nitrogens is 3. The number of rotatable bonds is 7. The molecule has 2 aromatic rings. The first kappa shape index (κ1) is 17.0. The van der Waals surface area contributed by atoms with Crippen molar-refractivity contribution in [3.8, 4) is 0 Å². The first-order chi connectivity index (χ1) is 11.1. The summed E-state index contributed by atoms with van der Waals surface area (Å²) in [5.74, 6) is 0.768. The van der Waals surface area contributed by atoms with Gasteiger partial charge in [0.15, 0.2) is 0 Å². The summed E-state index contributed by atoms with van der Waals surface area (Å²) >= 11 is 0. The van der Waals surface area contributed by atoms with Gasteiger partial charge in [-0.05, 0) is 32.4 Å². The van der Waals surface area contributed by atoms with Crippen molar-refractivity contribution in [3.63, 3.8) is 0 Å². The summed E-state index contributed by atoms with van der Waals surface area (Å²) in [6.45, 7) is 7.21. The molecule has 0 spiro atoms. The fourth-order valence-corrected chi connectivity index (χ4v) is 2.29. The van der Waals surface area contributed by atoms with Gasteiger partial charge in [0.2, 0.25) is 0 Å². The molecular weight excluding hydrogens is 290 g/mol. The SMILES string of the molecule is CCCCN(Cc1ccccn1)C(=O)N[C@@H](C)c1ncc(C)[nH]1. The van der Waals surface area contributed by atoms with Crippen LogP contribution in [-0.2, 0) is 6.54 Å². The number of hydrogen-bond acceptors (Lipinski definition) is 3. The standard InChI is InChI=1S/C17H25N5O/c1-4-5-10-22(12-15-8-6-7-9-18-15)17(23)21-14(3)16-19-11-13(2)20-16/h6-9,11,14H,4-5,10,12H2,1-3H3,(H,19,20)(H,21,23)/t14-/m0/s1. The zero-order chi connectivity index (χ0) is 16.7. The molecule has 0 unspecified atom stereocenters. The molecule has 2 heterocycles. The minimum Gasteiger partial charge on any atom is -0.344 e. The maximum Gasteiger partial charge on any atom is 0.318 e. The third-order valence-electron chi connectivity index (χ3n) is 3.62. The minimum atomic E-state index is -0.163. The van der Waals surface area contributed by atoms with Crippen LogP contribution in [0.3, 0.4) is 0 Å². The van der Waals surface area contributed by atoms with Gasteiger partial charge in [-0.25, -0.2) is 9.78 Å². The third kappa shape index (κ3) is 5.09. The fourth-order valence-electron chi connectivity index (χ4n) is 2.29. The highest BCUT2D eigenvalue weighted by molar-refractivity contribution is 5.74. The van der Waals surface area contributed by atoms with Crippen molar-refractivity contribution in [2.45, 2.75) is 46.2 Å². The smallest absolute Gasteiger partial charge is 0.318 e. The number of aryl methyl sites for hydroxylation is 1. The maximum atomic E-state index is 12.6. The molecule has 6 nitrogen and oxygen atoms in total. The number of carbonyl (C=O) groups excluding carboxylic acids is 1. The first-order valence-corrected chi connectivity index (χ1v) is 8.07. The molecule has 1 atom stereocenters. The Kier molecular flexibility index (Phi) is 6.14. The van der Waals surface area contributed by atoms with Crippen LogP contribution in [0.2, 0.25) is 0 Å². The number of aromatic amines is 1. The zero-order valence-electron chi connectivity index (χ0n) is 14.0. The van der Waals surface area contributed by atoms with E-state index in [0.29, 0.717) is 13.1 Å². The minimum absolute atomic E-state index is 0.0920. The van der Waals surface area contributed by atoms with Crippen LogP contribution < -0.4 is 5.32 Å². The van der Waals surface area contributed by atoms with Crippen molar-refractivity contribution in [1.29, 1.82) is 0 Å². The lowest BCUT2D eigenvalue weighted by atomic mass is 10.2. The highest BCUT2D eigenvalue weighted by Gasteiger charge is 2.18. The van der Waals surface area contributed by atoms with Crippen LogP contribution in [0.4, 0.5) is 4.79 Å². The van der Waals surface area contributed by atoms with E-state index in [0.717, 1.165) is 30.1 Å². The van der Waals surface area contributed by atoms with E-state index in [1.54, 1.807) is 17.3 Å². The first-order valence-electron chi connectivity index (χ1n) is 8.07. The van der Waals surface area contributed by atoms with Crippen molar-refractivity contribution in [2.75, 3.05) is 6.54 Å². The Morgan fingerprint density at radius 1 is 1.39 bits per heavy atom. The zero-order valence-corrected chi connectivity index (χ0v) is 14.0. The van der Waals surface area contributed by atoms with E-state index in [4.69, 9.17) is 0 Å². The normalized spacial score (nSPS) is 12.0. The number of pyridine rings is 1. The van der Waals surface area contributed by atoms with Crippen LogP contribution in [0.1, 0.15) is 49.9 Å². The number of hydrogen-bond donors (Lipinski definition) is 2. The van der Waals surface area contributed by atoms with Gasteiger partial charge in [0.05, 0.1) is 18.3 Å². The number of unbranched alkanes of at least 4 members (excludes halogenated alkanes) is 1. The summed E-state index contributed by atoms with van der Waals surface area (Å²) in [6, 6.07) is 5.49. The molecule has 0 fully saturated rings. The summed E-state index contributed by atoms with van der Waals surface area (Å²) in [4.78, 5) is 26.1. The topological polar surface area (TPSA) is 73.9 Å². The number of nitrogens with one attached hydrogen (secondary N) is 2. The second-order valence-corrected chi connectivity index (χ2v) is 5.72. The molecule has 0 aliphatic heterocycles. The molecule has 0 aromatic carbocycles. The van der Waals surface area contributed by atoms with Gasteiger partial charge >= 0.3 is 6.03 Å². The molecule has 0 aliphatic rings. The van der Waals surface area contributed by atoms with E-state index in [1.165, 1.54) is 0 Å². The van der Waals surface area contributed by atoms with Gasteiger partial charge in [-0.2, -0.15) is 0 Å². The van der Waals surface area contributed by atoms with Gasteiger partial charge in [0.1, 0.15) is 5.82 Å². The van der Waals surface area contributed by atoms with Crippen molar-refractivity contribution in [1.82, 2.24) is 25.2 Å². The van der Waals surface area contributed by atoms with E-state index < -0.39 is 0 Å². The number of nitrogens with zero attached hydrogens (tertiary/aromatic N) is 3. The quantitative estimate of drug-likeness (QED) is 0.824. The van der Waals surface area contributed by atoms with Gasteiger partial charge in [-0.3, -0.25) is 4.98 Å². The molecule has 2 rings (SSSR count). The van der Waals surface area contributed by atoms with E-state index >= 15 is 0 Å². The number of imidazole rings is 1. The highest BCUT2D eigenvalue weighted by Crippen LogP contribution is 2.10. The summed E-state index contributed by atoms with van der Waals surface area (Å²) in [6.07, 6.45) is 5.52. The van der Waals surface area contributed by atoms with Gasteiger partial charge in [-0.15, -0.1) is 0 Å². The molecule has 124 valence electrons. The van der Waals surface area contributed by atoms with Crippen molar-refractivity contribution < 1.29 is 4.79 Å². The molecule has 0 radical (unpaired) electrons. The van der Waals surface area contributed by atoms with Gasteiger partial charge in [0, 0.05) is 24.6 Å². The van der Waals surface area contributed by atoms with Crippen LogP contribution >= 0.6 is 0 Å². The Balaban J connectivity index is 2.00. The van der Waals surface area contributed by atoms with Crippen LogP contribution in [0.15, 0.2) is 30.6 Å². The number of H-pyrrole nitrogens is 1. The van der Waals surface area contributed by atoms with Crippen molar-refractivity contribution in [2.24, 2.45) is 0 Å². The monoisotopic (exact) mass is 315 g/mol. The lowest BCUT2D eigenvalue weighted by Crippen LogP contribution is -2.41. The van der Waals surface area contributed by atoms with Gasteiger partial charge < -0.3 is 15.2 Å². The Bertz CT molecular complexity index is 610. The molecule has 0 saturated carbocycles. The van der Waals surface area contributed by atoms with Crippen LogP contribution in [0.5, 0.6) is 0 Å². The summed E-state index contributed by atoms with van der Waals surface area (Å²) < 4.78 is 0. The Hall–Kier alpha value is -2.37. The van der Waals surface area contributed by atoms with Gasteiger partial charge in [0.25, 0.3) is 0 Å². The molecule has 0 saturated heterocycles. The number of amides is 2. The van der Waals surface area contributed by atoms with Crippen molar-refractivity contribution >= 4 is 6.03 Å². The molecule has 2 aromatic heterocycles. The van der Waals surface area contributed by atoms with E-state index in [1.807, 2.05) is 32.0 Å². The summed E-state index contributed by atoms with van der Waals surface area (Å²) in [7, 11) is 0. The van der Waals surface area contributed by atoms with Crippen LogP contribution in [0.25, 0.3) is 0 Å². The molecule has 2 amide bonds. The maximum absolute atomic E-state index is 12.6. The second kappa shape index (κ2) is 8.31. The number of carbonyl (C=O) groups is 1. The second-order valence-electron chi connectivity index (χ2n) is 5.72. The molecule has 23 heavy (non-hydrogen) atoms. The average molecular weight is 315 g/mol. The lowest BCUT2D eigenvalue weighted by Gasteiger charge is -2.24. The predicted molar refractivity (Wildman–Crippen MR) is 89.8 cm³/mol. The Morgan fingerprint density at radius 2 is 2.22 bits per heavy atom. The van der Waals surface area contributed by atoms with Gasteiger partial charge in [-0.1, -0.05) is 19.4 Å². The average Bonchev–Trinajstić information content (AvgIpc) is 2.99. The fraction of sp³-hybridized carbons (Fsp3) is 0.471. The predicted octanol–water partition coefficient (Wildman–Crippen LogP) is 3.19. The third-order valence-corrected chi connectivity index (χ3v) is 3.62. The molecule has 6 heteroatoms. The lowest BCUT2D eigenvalue weighted by molar-refractivity contribution is 0.190. The number of urea groups is 1. The highest BCUT2D eigenvalue weighted by atomic mass is 16.2. The van der Waals surface area contributed by atoms with E-state index in [2.05, 4.69) is 27.2 Å². The van der Waals surface area contributed by atoms with E-state index in [-0.39, 0.29) is 12.1 Å². The Labute approximate surface area is 137 Å². The van der Waals surface area contributed by atoms with Crippen molar-refractivity contribution in [3.05, 3.63) is 47.8 Å². The Morgan fingerprint density at radius 3 is 2.83 bits per heavy atom. The summed E-state index contributed by atoms with van der Waals surface area (Å²) in [5, 5.41) is 3.00. The largest absolute Gasteiger partial charge is 0.344 e. The summed E-state index contributed by atoms with van der Waals surface area (Å²) in [5.41, 5.74) is 1.87. The van der Waals surface area contributed by atoms with E-state index in [9.17, 15) is 4.79 Å². The van der Waals surface area contributed by atoms with Crippen LogP contribution in [-0.4, -0.2) is 32.4 Å². The molecule has 0 aliphatic carbocycles. The molecular formula is C17H25N5O.